The lowest BCUT2D eigenvalue weighted by Crippen LogP contribution is -2.44. The van der Waals surface area contributed by atoms with Crippen molar-refractivity contribution in [3.8, 4) is 0 Å². The van der Waals surface area contributed by atoms with Crippen LogP contribution in [-0.2, 0) is 9.59 Å². The first-order chi connectivity index (χ1) is 8.11. The molecule has 2 unspecified atom stereocenters. The van der Waals surface area contributed by atoms with Gasteiger partial charge in [-0.05, 0) is 25.7 Å². The molecule has 1 N–H and O–H groups in total. The lowest BCUT2D eigenvalue weighted by Gasteiger charge is -2.27. The fourth-order valence-electron chi connectivity index (χ4n) is 3.70. The van der Waals surface area contributed by atoms with Crippen molar-refractivity contribution < 1.29 is 14.7 Å². The zero-order valence-corrected chi connectivity index (χ0v) is 10.0. The highest BCUT2D eigenvalue weighted by Gasteiger charge is 2.51. The molecule has 1 aliphatic heterocycles. The van der Waals surface area contributed by atoms with E-state index in [9.17, 15) is 14.7 Å². The van der Waals surface area contributed by atoms with Gasteiger partial charge in [-0.2, -0.15) is 0 Å². The van der Waals surface area contributed by atoms with Gasteiger partial charge in [0.15, 0.2) is 0 Å². The SMILES string of the molecule is O=C1C2CCCC2C(=O)N1CC1(O)CCCC1. The predicted octanol–water partition coefficient (Wildman–Crippen LogP) is 1.08. The molecule has 2 atom stereocenters. The zero-order valence-electron chi connectivity index (χ0n) is 10.0. The molecule has 3 aliphatic rings. The molecule has 0 aromatic carbocycles. The maximum absolute atomic E-state index is 12.1. The molecule has 17 heavy (non-hydrogen) atoms. The first kappa shape index (κ1) is 11.2. The van der Waals surface area contributed by atoms with E-state index in [2.05, 4.69) is 0 Å². The Morgan fingerprint density at radius 3 is 2.12 bits per heavy atom. The van der Waals surface area contributed by atoms with E-state index in [1.807, 2.05) is 0 Å². The number of hydrogen-bond acceptors (Lipinski definition) is 3. The van der Waals surface area contributed by atoms with Crippen molar-refractivity contribution in [1.82, 2.24) is 4.90 Å². The third kappa shape index (κ3) is 1.69. The average molecular weight is 237 g/mol. The Bertz CT molecular complexity index is 338. The maximum Gasteiger partial charge on any atom is 0.233 e. The van der Waals surface area contributed by atoms with Gasteiger partial charge in [0, 0.05) is 0 Å². The fourth-order valence-corrected chi connectivity index (χ4v) is 3.70. The van der Waals surface area contributed by atoms with Crippen LogP contribution < -0.4 is 0 Å². The molecule has 1 heterocycles. The van der Waals surface area contributed by atoms with E-state index >= 15 is 0 Å². The molecule has 1 saturated heterocycles. The normalized spacial score (nSPS) is 35.7. The minimum Gasteiger partial charge on any atom is -0.388 e. The first-order valence-electron chi connectivity index (χ1n) is 6.68. The Morgan fingerprint density at radius 1 is 1.06 bits per heavy atom. The van der Waals surface area contributed by atoms with Crippen molar-refractivity contribution in [2.24, 2.45) is 11.8 Å². The Kier molecular flexibility index (Phi) is 2.51. The molecule has 4 heteroatoms. The number of carbonyl (C=O) groups excluding carboxylic acids is 2. The summed E-state index contributed by atoms with van der Waals surface area (Å²) in [6.07, 6.45) is 6.14. The Labute approximate surface area is 101 Å². The van der Waals surface area contributed by atoms with E-state index in [1.54, 1.807) is 0 Å². The molecular formula is C13H19NO3. The Balaban J connectivity index is 1.75. The van der Waals surface area contributed by atoms with Gasteiger partial charge < -0.3 is 5.11 Å². The number of fused-ring (bicyclic) bond motifs is 1. The van der Waals surface area contributed by atoms with Crippen LogP contribution in [0.3, 0.4) is 0 Å². The largest absolute Gasteiger partial charge is 0.388 e. The predicted molar refractivity (Wildman–Crippen MR) is 61.0 cm³/mol. The molecule has 0 aromatic heterocycles. The molecule has 2 aliphatic carbocycles. The van der Waals surface area contributed by atoms with E-state index < -0.39 is 5.60 Å². The van der Waals surface area contributed by atoms with Gasteiger partial charge in [-0.15, -0.1) is 0 Å². The standard InChI is InChI=1S/C13H19NO3/c15-11-9-4-3-5-10(9)12(16)14(11)8-13(17)6-1-2-7-13/h9-10,17H,1-8H2. The maximum atomic E-state index is 12.1. The van der Waals surface area contributed by atoms with Crippen molar-refractivity contribution in [2.75, 3.05) is 6.54 Å². The van der Waals surface area contributed by atoms with Crippen LogP contribution >= 0.6 is 0 Å². The smallest absolute Gasteiger partial charge is 0.233 e. The number of β-amino-alcohol motifs (C(OH)–C–C–N with tert-alkyl or cyclic N) is 1. The van der Waals surface area contributed by atoms with Crippen LogP contribution in [0.4, 0.5) is 0 Å². The second-order valence-corrected chi connectivity index (χ2v) is 5.84. The van der Waals surface area contributed by atoms with Crippen LogP contribution in [0, 0.1) is 11.8 Å². The summed E-state index contributed by atoms with van der Waals surface area (Å²) < 4.78 is 0. The lowest BCUT2D eigenvalue weighted by atomic mass is 10.00. The van der Waals surface area contributed by atoms with Crippen LogP contribution in [0.5, 0.6) is 0 Å². The zero-order chi connectivity index (χ0) is 12.0. The number of imide groups is 1. The van der Waals surface area contributed by atoms with Crippen molar-refractivity contribution in [3.05, 3.63) is 0 Å². The molecule has 4 nitrogen and oxygen atoms in total. The van der Waals surface area contributed by atoms with Gasteiger partial charge in [0.25, 0.3) is 0 Å². The first-order valence-corrected chi connectivity index (χ1v) is 6.68. The third-order valence-electron chi connectivity index (χ3n) is 4.67. The Morgan fingerprint density at radius 2 is 1.59 bits per heavy atom. The highest BCUT2D eigenvalue weighted by Crippen LogP contribution is 2.41. The number of carbonyl (C=O) groups is 2. The van der Waals surface area contributed by atoms with Crippen LogP contribution in [0.2, 0.25) is 0 Å². The van der Waals surface area contributed by atoms with Gasteiger partial charge in [-0.3, -0.25) is 14.5 Å². The molecular weight excluding hydrogens is 218 g/mol. The van der Waals surface area contributed by atoms with Gasteiger partial charge in [0.05, 0.1) is 24.0 Å². The summed E-state index contributed by atoms with van der Waals surface area (Å²) in [6, 6.07) is 0. The topological polar surface area (TPSA) is 57.6 Å². The van der Waals surface area contributed by atoms with Crippen LogP contribution in [0.25, 0.3) is 0 Å². The van der Waals surface area contributed by atoms with Gasteiger partial charge in [-0.25, -0.2) is 0 Å². The summed E-state index contributed by atoms with van der Waals surface area (Å²) >= 11 is 0. The number of likely N-dealkylation sites (tertiary alicyclic amines) is 1. The summed E-state index contributed by atoms with van der Waals surface area (Å²) in [5.74, 6) is -0.212. The highest BCUT2D eigenvalue weighted by atomic mass is 16.3. The number of rotatable bonds is 2. The summed E-state index contributed by atoms with van der Waals surface area (Å²) in [5.41, 5.74) is -0.802. The molecule has 0 aromatic rings. The van der Waals surface area contributed by atoms with Crippen molar-refractivity contribution in [1.29, 1.82) is 0 Å². The highest BCUT2D eigenvalue weighted by molar-refractivity contribution is 6.05. The molecule has 2 saturated carbocycles. The number of hydrogen-bond donors (Lipinski definition) is 1. The van der Waals surface area contributed by atoms with Crippen molar-refractivity contribution in [2.45, 2.75) is 50.5 Å². The minimum atomic E-state index is -0.802. The molecule has 94 valence electrons. The number of aliphatic hydroxyl groups is 1. The Hall–Kier alpha value is -0.900. The van der Waals surface area contributed by atoms with Gasteiger partial charge in [0.1, 0.15) is 0 Å². The second-order valence-electron chi connectivity index (χ2n) is 5.84. The molecule has 3 rings (SSSR count). The third-order valence-corrected chi connectivity index (χ3v) is 4.67. The second kappa shape index (κ2) is 3.80. The quantitative estimate of drug-likeness (QED) is 0.731. The van der Waals surface area contributed by atoms with Gasteiger partial charge >= 0.3 is 0 Å². The molecule has 2 amide bonds. The average Bonchev–Trinajstić information content (AvgIpc) is 2.96. The van der Waals surface area contributed by atoms with E-state index in [0.717, 1.165) is 44.9 Å². The van der Waals surface area contributed by atoms with Crippen LogP contribution in [0.1, 0.15) is 44.9 Å². The monoisotopic (exact) mass is 237 g/mol. The fraction of sp³-hybridized carbons (Fsp3) is 0.846. The molecule has 3 fully saturated rings. The molecule has 0 radical (unpaired) electrons. The summed E-state index contributed by atoms with van der Waals surface area (Å²) in [4.78, 5) is 25.6. The van der Waals surface area contributed by atoms with Gasteiger partial charge in [-0.1, -0.05) is 19.3 Å². The van der Waals surface area contributed by atoms with E-state index in [1.165, 1.54) is 4.90 Å². The molecule has 0 spiro atoms. The summed E-state index contributed by atoms with van der Waals surface area (Å²) in [7, 11) is 0. The van der Waals surface area contributed by atoms with E-state index in [-0.39, 0.29) is 30.2 Å². The van der Waals surface area contributed by atoms with Crippen LogP contribution in [-0.4, -0.2) is 34.0 Å². The lowest BCUT2D eigenvalue weighted by molar-refractivity contribution is -0.144. The van der Waals surface area contributed by atoms with E-state index in [4.69, 9.17) is 0 Å². The molecule has 0 bridgehead atoms. The van der Waals surface area contributed by atoms with E-state index in [0.29, 0.717) is 0 Å². The van der Waals surface area contributed by atoms with Crippen molar-refractivity contribution >= 4 is 11.8 Å². The minimum absolute atomic E-state index is 0.0298. The number of nitrogens with zero attached hydrogens (tertiary/aromatic N) is 1. The van der Waals surface area contributed by atoms with Crippen molar-refractivity contribution in [3.63, 3.8) is 0 Å². The van der Waals surface area contributed by atoms with Crippen LogP contribution in [0.15, 0.2) is 0 Å². The van der Waals surface area contributed by atoms with Gasteiger partial charge in [0.2, 0.25) is 11.8 Å². The summed E-state index contributed by atoms with van der Waals surface area (Å²) in [5, 5.41) is 10.3. The summed E-state index contributed by atoms with van der Waals surface area (Å²) in [6.45, 7) is 0.234. The number of amides is 2.